The maximum atomic E-state index is 12.1. The number of carbonyl (C=O) groups excluding carboxylic acids is 1. The number of likely N-dealkylation sites (N-methyl/N-ethyl adjacent to an activating group) is 1. The van der Waals surface area contributed by atoms with Crippen molar-refractivity contribution in [3.8, 4) is 17.6 Å². The van der Waals surface area contributed by atoms with Gasteiger partial charge in [0.25, 0.3) is 5.91 Å². The molecule has 2 aromatic rings. The number of rotatable bonds is 7. The lowest BCUT2D eigenvalue weighted by Gasteiger charge is -2.12. The summed E-state index contributed by atoms with van der Waals surface area (Å²) in [6.07, 6.45) is 1.51. The highest BCUT2D eigenvalue weighted by atomic mass is 16.6. The molecule has 1 amide bonds. The molecule has 0 aliphatic heterocycles. The lowest BCUT2D eigenvalue weighted by atomic mass is 10.1. The molecule has 0 bridgehead atoms. The topological polar surface area (TPSA) is 94.9 Å². The third-order valence-corrected chi connectivity index (χ3v) is 2.93. The van der Waals surface area contributed by atoms with Crippen LogP contribution in [0.2, 0.25) is 0 Å². The summed E-state index contributed by atoms with van der Waals surface area (Å²) >= 11 is 0. The summed E-state index contributed by atoms with van der Waals surface area (Å²) in [4.78, 5) is 25.1. The zero-order valence-electron chi connectivity index (χ0n) is 14.5. The Bertz CT molecular complexity index is 762. The van der Waals surface area contributed by atoms with E-state index in [4.69, 9.17) is 14.3 Å². The normalized spacial score (nSPS) is 11.2. The number of benzene rings is 1. The molecule has 0 saturated heterocycles. The zero-order valence-corrected chi connectivity index (χ0v) is 14.5. The number of hydrogen-bond donors (Lipinski definition) is 1. The molecule has 1 aromatic heterocycles. The standard InChI is InChI=1S/C17H20N4O4/c1-11(2)24-14-9-10-19-17(20-14)25-13-8-6-5-7-12(13)15(21-23-4)16(22)18-3/h5-11H,1-4H3,(H,18,22)/b21-15-. The van der Waals surface area contributed by atoms with E-state index in [2.05, 4.69) is 20.4 Å². The molecule has 2 rings (SSSR count). The first kappa shape index (κ1) is 18.2. The van der Waals surface area contributed by atoms with Crippen molar-refractivity contribution in [3.05, 3.63) is 42.1 Å². The van der Waals surface area contributed by atoms with Gasteiger partial charge in [-0.1, -0.05) is 17.3 Å². The fourth-order valence-electron chi connectivity index (χ4n) is 1.95. The van der Waals surface area contributed by atoms with E-state index in [1.54, 1.807) is 30.3 Å². The van der Waals surface area contributed by atoms with Gasteiger partial charge >= 0.3 is 6.01 Å². The predicted octanol–water partition coefficient (Wildman–Crippen LogP) is 2.15. The van der Waals surface area contributed by atoms with Crippen molar-refractivity contribution in [2.75, 3.05) is 14.2 Å². The highest BCUT2D eigenvalue weighted by Gasteiger charge is 2.19. The number of nitrogens with one attached hydrogen (secondary N) is 1. The summed E-state index contributed by atoms with van der Waals surface area (Å²) in [5.74, 6) is 0.355. The van der Waals surface area contributed by atoms with Crippen LogP contribution in [0.15, 0.2) is 41.7 Å². The van der Waals surface area contributed by atoms with Crippen LogP contribution in [0.1, 0.15) is 19.4 Å². The number of aromatic nitrogens is 2. The number of hydrogen-bond acceptors (Lipinski definition) is 7. The number of carbonyl (C=O) groups is 1. The van der Waals surface area contributed by atoms with Gasteiger partial charge in [0, 0.05) is 19.3 Å². The second-order valence-corrected chi connectivity index (χ2v) is 5.14. The Morgan fingerprint density at radius 2 is 2.00 bits per heavy atom. The molecule has 25 heavy (non-hydrogen) atoms. The van der Waals surface area contributed by atoms with E-state index in [0.717, 1.165) is 0 Å². The number of nitrogens with zero attached hydrogens (tertiary/aromatic N) is 3. The fourth-order valence-corrected chi connectivity index (χ4v) is 1.95. The summed E-state index contributed by atoms with van der Waals surface area (Å²) in [6.45, 7) is 3.80. The monoisotopic (exact) mass is 344 g/mol. The molecule has 0 spiro atoms. The number of ether oxygens (including phenoxy) is 2. The first-order valence-corrected chi connectivity index (χ1v) is 7.65. The minimum atomic E-state index is -0.407. The van der Waals surface area contributed by atoms with Gasteiger partial charge in [0.05, 0.1) is 11.7 Å². The van der Waals surface area contributed by atoms with E-state index in [1.165, 1.54) is 20.4 Å². The highest BCUT2D eigenvalue weighted by molar-refractivity contribution is 6.45. The summed E-state index contributed by atoms with van der Waals surface area (Å²) in [6, 6.07) is 8.64. The van der Waals surface area contributed by atoms with Crippen LogP contribution in [0.5, 0.6) is 17.6 Å². The van der Waals surface area contributed by atoms with Crippen molar-refractivity contribution >= 4 is 11.6 Å². The lowest BCUT2D eigenvalue weighted by molar-refractivity contribution is -0.114. The average Bonchev–Trinajstić information content (AvgIpc) is 2.59. The van der Waals surface area contributed by atoms with Crippen LogP contribution < -0.4 is 14.8 Å². The van der Waals surface area contributed by atoms with Crippen LogP contribution in [0.25, 0.3) is 0 Å². The molecule has 0 fully saturated rings. The van der Waals surface area contributed by atoms with Gasteiger partial charge in [-0.25, -0.2) is 4.98 Å². The average molecular weight is 344 g/mol. The van der Waals surface area contributed by atoms with E-state index in [9.17, 15) is 4.79 Å². The van der Waals surface area contributed by atoms with Gasteiger partial charge in [0.2, 0.25) is 5.88 Å². The van der Waals surface area contributed by atoms with Crippen molar-refractivity contribution in [2.24, 2.45) is 5.16 Å². The van der Waals surface area contributed by atoms with E-state index < -0.39 is 5.91 Å². The van der Waals surface area contributed by atoms with E-state index >= 15 is 0 Å². The van der Waals surface area contributed by atoms with Crippen molar-refractivity contribution in [1.29, 1.82) is 0 Å². The zero-order chi connectivity index (χ0) is 18.2. The minimum absolute atomic E-state index is 0.0243. The lowest BCUT2D eigenvalue weighted by Crippen LogP contribution is -2.28. The third-order valence-electron chi connectivity index (χ3n) is 2.93. The van der Waals surface area contributed by atoms with E-state index in [1.807, 2.05) is 13.8 Å². The maximum Gasteiger partial charge on any atom is 0.325 e. The van der Waals surface area contributed by atoms with Gasteiger partial charge in [-0.2, -0.15) is 4.98 Å². The highest BCUT2D eigenvalue weighted by Crippen LogP contribution is 2.25. The van der Waals surface area contributed by atoms with Crippen molar-refractivity contribution in [3.63, 3.8) is 0 Å². The molecular weight excluding hydrogens is 324 g/mol. The molecular formula is C17H20N4O4. The van der Waals surface area contributed by atoms with Crippen LogP contribution in [-0.4, -0.2) is 41.8 Å². The van der Waals surface area contributed by atoms with Crippen molar-refractivity contribution < 1.29 is 19.1 Å². The Balaban J connectivity index is 2.35. The van der Waals surface area contributed by atoms with E-state index in [0.29, 0.717) is 17.2 Å². The molecule has 0 unspecified atom stereocenters. The summed E-state index contributed by atoms with van der Waals surface area (Å²) in [7, 11) is 2.87. The first-order valence-electron chi connectivity index (χ1n) is 7.65. The fraction of sp³-hybridized carbons (Fsp3) is 0.294. The number of amides is 1. The summed E-state index contributed by atoms with van der Waals surface area (Å²) in [5.41, 5.74) is 0.526. The van der Waals surface area contributed by atoms with Gasteiger partial charge in [-0.05, 0) is 26.0 Å². The van der Waals surface area contributed by atoms with Gasteiger partial charge in [-0.15, -0.1) is 0 Å². The maximum absolute atomic E-state index is 12.1. The van der Waals surface area contributed by atoms with Crippen molar-refractivity contribution in [2.45, 2.75) is 20.0 Å². The van der Waals surface area contributed by atoms with Gasteiger partial charge in [-0.3, -0.25) is 4.79 Å². The van der Waals surface area contributed by atoms with Gasteiger partial charge < -0.3 is 19.6 Å². The molecule has 0 radical (unpaired) electrons. The molecule has 0 atom stereocenters. The summed E-state index contributed by atoms with van der Waals surface area (Å²) in [5, 5.41) is 6.30. The van der Waals surface area contributed by atoms with Crippen LogP contribution >= 0.6 is 0 Å². The molecule has 1 aromatic carbocycles. The Morgan fingerprint density at radius 1 is 1.24 bits per heavy atom. The molecule has 1 heterocycles. The predicted molar refractivity (Wildman–Crippen MR) is 91.9 cm³/mol. The molecule has 0 aliphatic rings. The van der Waals surface area contributed by atoms with Gasteiger partial charge in [0.1, 0.15) is 12.9 Å². The first-order chi connectivity index (χ1) is 12.0. The largest absolute Gasteiger partial charge is 0.475 e. The Labute approximate surface area is 145 Å². The molecule has 1 N–H and O–H groups in total. The van der Waals surface area contributed by atoms with E-state index in [-0.39, 0.29) is 17.8 Å². The Morgan fingerprint density at radius 3 is 2.68 bits per heavy atom. The Hall–Kier alpha value is -3.16. The molecule has 8 nitrogen and oxygen atoms in total. The van der Waals surface area contributed by atoms with Crippen LogP contribution in [0, 0.1) is 0 Å². The smallest absolute Gasteiger partial charge is 0.325 e. The quantitative estimate of drug-likeness (QED) is 0.611. The van der Waals surface area contributed by atoms with Gasteiger partial charge in [0.15, 0.2) is 5.71 Å². The molecule has 0 saturated carbocycles. The van der Waals surface area contributed by atoms with Crippen LogP contribution in [-0.2, 0) is 9.63 Å². The molecule has 132 valence electrons. The molecule has 0 aliphatic carbocycles. The minimum Gasteiger partial charge on any atom is -0.475 e. The second-order valence-electron chi connectivity index (χ2n) is 5.14. The Kier molecular flexibility index (Phi) is 6.27. The van der Waals surface area contributed by atoms with Crippen LogP contribution in [0.4, 0.5) is 0 Å². The number of oxime groups is 1. The third kappa shape index (κ3) is 4.90. The number of para-hydroxylation sites is 1. The summed E-state index contributed by atoms with van der Waals surface area (Å²) < 4.78 is 11.3. The molecule has 8 heteroatoms. The van der Waals surface area contributed by atoms with Crippen molar-refractivity contribution in [1.82, 2.24) is 15.3 Å². The van der Waals surface area contributed by atoms with Crippen LogP contribution in [0.3, 0.4) is 0 Å². The SMILES string of the molecule is CNC(=O)/C(=N\OC)c1ccccc1Oc1nccc(OC(C)C)n1. The second kappa shape index (κ2) is 8.62.